The first-order chi connectivity index (χ1) is 9.08. The maximum atomic E-state index is 11.2. The van der Waals surface area contributed by atoms with Crippen LogP contribution in [0.25, 0.3) is 0 Å². The standard InChI is InChI=1S/C11H17N3O5/c1-6(16)11-12-5-14(13-11)7-4-19-8(3-15)9(17)10(7)18-2/h5,7-10,15,17H,3-4H2,1-2H3. The van der Waals surface area contributed by atoms with Crippen molar-refractivity contribution in [1.29, 1.82) is 0 Å². The topological polar surface area (TPSA) is 107 Å². The Balaban J connectivity index is 2.20. The molecule has 8 nitrogen and oxygen atoms in total. The van der Waals surface area contributed by atoms with Crippen LogP contribution in [-0.4, -0.2) is 69.4 Å². The van der Waals surface area contributed by atoms with Crippen LogP contribution in [0, 0.1) is 0 Å². The van der Waals surface area contributed by atoms with Crippen LogP contribution >= 0.6 is 0 Å². The van der Waals surface area contributed by atoms with Crippen LogP contribution in [0.15, 0.2) is 6.33 Å². The molecule has 2 heterocycles. The average molecular weight is 271 g/mol. The highest BCUT2D eigenvalue weighted by molar-refractivity contribution is 5.89. The number of aliphatic hydroxyl groups is 2. The van der Waals surface area contributed by atoms with E-state index in [1.807, 2.05) is 0 Å². The van der Waals surface area contributed by atoms with E-state index in [-0.39, 0.29) is 24.8 Å². The number of aromatic nitrogens is 3. The third-order valence-electron chi connectivity index (χ3n) is 3.19. The number of ketones is 1. The molecule has 2 N–H and O–H groups in total. The zero-order chi connectivity index (χ0) is 14.0. The fourth-order valence-electron chi connectivity index (χ4n) is 2.13. The van der Waals surface area contributed by atoms with Gasteiger partial charge in [-0.15, -0.1) is 5.10 Å². The molecular formula is C11H17N3O5. The van der Waals surface area contributed by atoms with Gasteiger partial charge in [-0.25, -0.2) is 9.67 Å². The molecule has 0 aliphatic carbocycles. The lowest BCUT2D eigenvalue weighted by molar-refractivity contribution is -0.180. The summed E-state index contributed by atoms with van der Waals surface area (Å²) >= 11 is 0. The molecule has 1 saturated heterocycles. The van der Waals surface area contributed by atoms with E-state index in [0.717, 1.165) is 0 Å². The van der Waals surface area contributed by atoms with Crippen LogP contribution in [0.1, 0.15) is 23.6 Å². The maximum Gasteiger partial charge on any atom is 0.216 e. The lowest BCUT2D eigenvalue weighted by Gasteiger charge is -2.38. The molecule has 1 aliphatic rings. The molecule has 0 saturated carbocycles. The van der Waals surface area contributed by atoms with Gasteiger partial charge in [-0.05, 0) is 0 Å². The molecule has 4 unspecified atom stereocenters. The minimum Gasteiger partial charge on any atom is -0.394 e. The smallest absolute Gasteiger partial charge is 0.216 e. The van der Waals surface area contributed by atoms with Gasteiger partial charge in [0.05, 0.1) is 13.2 Å². The van der Waals surface area contributed by atoms with E-state index in [2.05, 4.69) is 10.1 Å². The average Bonchev–Trinajstić information content (AvgIpc) is 2.87. The Hall–Kier alpha value is -1.35. The maximum absolute atomic E-state index is 11.2. The lowest BCUT2D eigenvalue weighted by atomic mass is 9.98. The summed E-state index contributed by atoms with van der Waals surface area (Å²) in [5.41, 5.74) is 0. The first-order valence-electron chi connectivity index (χ1n) is 5.94. The van der Waals surface area contributed by atoms with E-state index < -0.39 is 24.4 Å². The van der Waals surface area contributed by atoms with Crippen LogP contribution in [0.3, 0.4) is 0 Å². The minimum atomic E-state index is -0.973. The molecule has 0 radical (unpaired) electrons. The lowest BCUT2D eigenvalue weighted by Crippen LogP contribution is -2.52. The third-order valence-corrected chi connectivity index (χ3v) is 3.19. The minimum absolute atomic E-state index is 0.105. The van der Waals surface area contributed by atoms with E-state index >= 15 is 0 Å². The van der Waals surface area contributed by atoms with Crippen molar-refractivity contribution >= 4 is 5.78 Å². The quantitative estimate of drug-likeness (QED) is 0.661. The number of carbonyl (C=O) groups is 1. The Bertz CT molecular complexity index is 449. The summed E-state index contributed by atoms with van der Waals surface area (Å²) in [7, 11) is 1.46. The van der Waals surface area contributed by atoms with Crippen molar-refractivity contribution < 1.29 is 24.5 Å². The van der Waals surface area contributed by atoms with Crippen molar-refractivity contribution in [1.82, 2.24) is 14.8 Å². The predicted octanol–water partition coefficient (Wildman–Crippen LogP) is -1.21. The van der Waals surface area contributed by atoms with Crippen LogP contribution < -0.4 is 0 Å². The van der Waals surface area contributed by atoms with Crippen LogP contribution in [0.4, 0.5) is 0 Å². The molecule has 1 aromatic heterocycles. The van der Waals surface area contributed by atoms with Gasteiger partial charge >= 0.3 is 0 Å². The molecule has 8 heteroatoms. The van der Waals surface area contributed by atoms with Gasteiger partial charge in [-0.2, -0.15) is 0 Å². The molecule has 1 aliphatic heterocycles. The van der Waals surface area contributed by atoms with Crippen molar-refractivity contribution in [2.45, 2.75) is 31.3 Å². The van der Waals surface area contributed by atoms with Crippen molar-refractivity contribution in [3.05, 3.63) is 12.2 Å². The Labute approximate surface area is 110 Å². The Kier molecular flexibility index (Phi) is 4.25. The van der Waals surface area contributed by atoms with Crippen LogP contribution in [0.2, 0.25) is 0 Å². The zero-order valence-corrected chi connectivity index (χ0v) is 10.8. The van der Waals surface area contributed by atoms with Gasteiger partial charge in [0.1, 0.15) is 30.7 Å². The molecule has 1 aromatic rings. The van der Waals surface area contributed by atoms with Gasteiger partial charge in [0, 0.05) is 14.0 Å². The number of aliphatic hydroxyl groups excluding tert-OH is 2. The Morgan fingerprint density at radius 2 is 2.42 bits per heavy atom. The SMILES string of the molecule is COC1C(O)C(CO)OCC1n1cnc(C(C)=O)n1. The Morgan fingerprint density at radius 1 is 1.68 bits per heavy atom. The summed E-state index contributed by atoms with van der Waals surface area (Å²) in [4.78, 5) is 15.1. The third kappa shape index (κ3) is 2.66. The number of methoxy groups -OCH3 is 1. The van der Waals surface area contributed by atoms with Gasteiger partial charge < -0.3 is 19.7 Å². The van der Waals surface area contributed by atoms with Gasteiger partial charge in [-0.1, -0.05) is 0 Å². The number of carbonyl (C=O) groups excluding carboxylic acids is 1. The Morgan fingerprint density at radius 3 is 2.95 bits per heavy atom. The number of hydrogen-bond donors (Lipinski definition) is 2. The molecule has 106 valence electrons. The molecule has 0 aromatic carbocycles. The summed E-state index contributed by atoms with van der Waals surface area (Å²) in [5, 5.41) is 23.2. The van der Waals surface area contributed by atoms with Crippen molar-refractivity contribution in [3.8, 4) is 0 Å². The summed E-state index contributed by atoms with van der Waals surface area (Å²) < 4.78 is 12.1. The largest absolute Gasteiger partial charge is 0.394 e. The van der Waals surface area contributed by atoms with Crippen molar-refractivity contribution in [3.63, 3.8) is 0 Å². The molecule has 4 atom stereocenters. The molecular weight excluding hydrogens is 254 g/mol. The molecule has 0 bridgehead atoms. The molecule has 0 spiro atoms. The molecule has 2 rings (SSSR count). The van der Waals surface area contributed by atoms with Gasteiger partial charge in [0.2, 0.25) is 5.82 Å². The first-order valence-corrected chi connectivity index (χ1v) is 5.94. The molecule has 1 fully saturated rings. The highest BCUT2D eigenvalue weighted by Crippen LogP contribution is 2.26. The van der Waals surface area contributed by atoms with Crippen molar-refractivity contribution in [2.75, 3.05) is 20.3 Å². The van der Waals surface area contributed by atoms with Crippen molar-refractivity contribution in [2.24, 2.45) is 0 Å². The number of hydrogen-bond acceptors (Lipinski definition) is 7. The highest BCUT2D eigenvalue weighted by atomic mass is 16.5. The molecule has 19 heavy (non-hydrogen) atoms. The van der Waals surface area contributed by atoms with E-state index in [0.29, 0.717) is 0 Å². The van der Waals surface area contributed by atoms with E-state index in [1.165, 1.54) is 25.0 Å². The first kappa shape index (κ1) is 14.1. The monoisotopic (exact) mass is 271 g/mol. The van der Waals surface area contributed by atoms with Crippen LogP contribution in [0.5, 0.6) is 0 Å². The normalized spacial score (nSPS) is 31.4. The molecule has 0 amide bonds. The summed E-state index contributed by atoms with van der Waals surface area (Å²) in [6, 6.07) is -0.400. The van der Waals surface area contributed by atoms with Gasteiger partial charge in [0.25, 0.3) is 0 Å². The summed E-state index contributed by atoms with van der Waals surface area (Å²) in [5.74, 6) is -0.133. The number of rotatable bonds is 4. The van der Waals surface area contributed by atoms with Crippen LogP contribution in [-0.2, 0) is 9.47 Å². The highest BCUT2D eigenvalue weighted by Gasteiger charge is 2.41. The van der Waals surface area contributed by atoms with Gasteiger partial charge in [0.15, 0.2) is 5.78 Å². The van der Waals surface area contributed by atoms with Gasteiger partial charge in [-0.3, -0.25) is 4.79 Å². The number of Topliss-reactive ketones (excluding diaryl/α,β-unsaturated/α-hetero) is 1. The number of nitrogens with zero attached hydrogens (tertiary/aromatic N) is 3. The number of ether oxygens (including phenoxy) is 2. The van der Waals surface area contributed by atoms with E-state index in [4.69, 9.17) is 14.6 Å². The summed E-state index contributed by atoms with van der Waals surface area (Å²) in [6.07, 6.45) is -0.842. The summed E-state index contributed by atoms with van der Waals surface area (Å²) in [6.45, 7) is 1.30. The second kappa shape index (κ2) is 5.74. The predicted molar refractivity (Wildman–Crippen MR) is 62.7 cm³/mol. The fraction of sp³-hybridized carbons (Fsp3) is 0.727. The fourth-order valence-corrected chi connectivity index (χ4v) is 2.13. The second-order valence-electron chi connectivity index (χ2n) is 4.42. The van der Waals surface area contributed by atoms with E-state index in [9.17, 15) is 9.90 Å². The zero-order valence-electron chi connectivity index (χ0n) is 10.8. The van der Waals surface area contributed by atoms with E-state index in [1.54, 1.807) is 0 Å². The second-order valence-corrected chi connectivity index (χ2v) is 4.42.